The molecule has 2 N–H and O–H groups in total. The maximum absolute atomic E-state index is 12.3. The van der Waals surface area contributed by atoms with Crippen molar-refractivity contribution in [3.8, 4) is 0 Å². The van der Waals surface area contributed by atoms with Crippen LogP contribution in [-0.2, 0) is 16.4 Å². The van der Waals surface area contributed by atoms with E-state index in [0.717, 1.165) is 31.5 Å². The van der Waals surface area contributed by atoms with E-state index in [0.29, 0.717) is 18.7 Å². The van der Waals surface area contributed by atoms with Crippen LogP contribution in [0, 0.1) is 0 Å². The zero-order valence-electron chi connectivity index (χ0n) is 13.4. The van der Waals surface area contributed by atoms with Crippen LogP contribution in [0.2, 0.25) is 0 Å². The summed E-state index contributed by atoms with van der Waals surface area (Å²) in [6.45, 7) is 1.78. The number of hydrogen-bond acceptors (Lipinski definition) is 3. The fraction of sp³-hybridized carbons (Fsp3) is 0.353. The number of amides is 1. The van der Waals surface area contributed by atoms with E-state index in [9.17, 15) is 13.2 Å². The van der Waals surface area contributed by atoms with Gasteiger partial charge in [0.2, 0.25) is 10.0 Å². The van der Waals surface area contributed by atoms with E-state index in [2.05, 4.69) is 9.71 Å². The van der Waals surface area contributed by atoms with Gasteiger partial charge in [-0.05, 0) is 30.9 Å². The van der Waals surface area contributed by atoms with E-state index in [1.807, 2.05) is 30.3 Å². The van der Waals surface area contributed by atoms with Crippen molar-refractivity contribution in [3.63, 3.8) is 0 Å². The molecule has 0 radical (unpaired) electrons. The summed E-state index contributed by atoms with van der Waals surface area (Å²) in [7, 11) is -3.62. The van der Waals surface area contributed by atoms with Crippen LogP contribution in [0.4, 0.5) is 0 Å². The van der Waals surface area contributed by atoms with Crippen LogP contribution in [-0.4, -0.2) is 43.8 Å². The standard InChI is InChI=1S/C17H21N3O3S/c21-17(20-10-4-5-11-20)16-12-15(13-18-16)24(22,23)19-9-8-14-6-2-1-3-7-14/h1-3,6-7,12-13,18-19H,4-5,8-11H2. The van der Waals surface area contributed by atoms with Gasteiger partial charge in [-0.3, -0.25) is 4.79 Å². The second-order valence-corrected chi connectivity index (χ2v) is 7.65. The minimum absolute atomic E-state index is 0.0955. The number of likely N-dealkylation sites (tertiary alicyclic amines) is 1. The SMILES string of the molecule is O=C(c1cc(S(=O)(=O)NCCc2ccccc2)c[nH]1)N1CCCC1. The summed E-state index contributed by atoms with van der Waals surface area (Å²) in [6.07, 6.45) is 3.98. The smallest absolute Gasteiger partial charge is 0.270 e. The van der Waals surface area contributed by atoms with Crippen molar-refractivity contribution in [2.75, 3.05) is 19.6 Å². The summed E-state index contributed by atoms with van der Waals surface area (Å²) >= 11 is 0. The average molecular weight is 347 g/mol. The monoisotopic (exact) mass is 347 g/mol. The average Bonchev–Trinajstić information content (AvgIpc) is 3.27. The lowest BCUT2D eigenvalue weighted by molar-refractivity contribution is 0.0787. The van der Waals surface area contributed by atoms with Gasteiger partial charge in [-0.15, -0.1) is 0 Å². The molecule has 2 heterocycles. The van der Waals surface area contributed by atoms with Gasteiger partial charge in [-0.25, -0.2) is 13.1 Å². The van der Waals surface area contributed by atoms with Crippen LogP contribution in [0.3, 0.4) is 0 Å². The highest BCUT2D eigenvalue weighted by Gasteiger charge is 2.23. The molecule has 0 spiro atoms. The summed E-state index contributed by atoms with van der Waals surface area (Å²) in [4.78, 5) is 16.9. The van der Waals surface area contributed by atoms with Gasteiger partial charge >= 0.3 is 0 Å². The van der Waals surface area contributed by atoms with Gasteiger partial charge < -0.3 is 9.88 Å². The highest BCUT2D eigenvalue weighted by atomic mass is 32.2. The molecule has 2 aromatic rings. The first-order chi connectivity index (χ1) is 11.6. The van der Waals surface area contributed by atoms with E-state index in [-0.39, 0.29) is 10.8 Å². The highest BCUT2D eigenvalue weighted by Crippen LogP contribution is 2.15. The quantitative estimate of drug-likeness (QED) is 0.835. The molecule has 1 aliphatic heterocycles. The molecular weight excluding hydrogens is 326 g/mol. The maximum atomic E-state index is 12.3. The second-order valence-electron chi connectivity index (χ2n) is 5.88. The summed E-state index contributed by atoms with van der Waals surface area (Å²) in [6, 6.07) is 11.1. The van der Waals surface area contributed by atoms with Crippen LogP contribution in [0.1, 0.15) is 28.9 Å². The van der Waals surface area contributed by atoms with Crippen LogP contribution < -0.4 is 4.72 Å². The minimum atomic E-state index is -3.62. The van der Waals surface area contributed by atoms with E-state index >= 15 is 0 Å². The highest BCUT2D eigenvalue weighted by molar-refractivity contribution is 7.89. The number of aromatic nitrogens is 1. The normalized spacial score (nSPS) is 14.9. The third kappa shape index (κ3) is 3.85. The molecule has 24 heavy (non-hydrogen) atoms. The molecule has 1 aromatic heterocycles. The Morgan fingerprint density at radius 1 is 1.17 bits per heavy atom. The van der Waals surface area contributed by atoms with Crippen molar-refractivity contribution < 1.29 is 13.2 Å². The van der Waals surface area contributed by atoms with Crippen molar-refractivity contribution >= 4 is 15.9 Å². The third-order valence-electron chi connectivity index (χ3n) is 4.14. The van der Waals surface area contributed by atoms with Crippen molar-refractivity contribution in [2.45, 2.75) is 24.2 Å². The lowest BCUT2D eigenvalue weighted by atomic mass is 10.2. The van der Waals surface area contributed by atoms with Crippen molar-refractivity contribution in [2.24, 2.45) is 0 Å². The molecule has 1 amide bonds. The molecule has 3 rings (SSSR count). The maximum Gasteiger partial charge on any atom is 0.270 e. The summed E-state index contributed by atoms with van der Waals surface area (Å²) < 4.78 is 27.2. The summed E-state index contributed by atoms with van der Waals surface area (Å²) in [5.41, 5.74) is 1.39. The van der Waals surface area contributed by atoms with Crippen molar-refractivity contribution in [1.82, 2.24) is 14.6 Å². The topological polar surface area (TPSA) is 82.3 Å². The molecule has 1 fully saturated rings. The Morgan fingerprint density at radius 2 is 1.88 bits per heavy atom. The molecule has 7 heteroatoms. The largest absolute Gasteiger partial charge is 0.356 e. The molecule has 0 aliphatic carbocycles. The van der Waals surface area contributed by atoms with E-state index < -0.39 is 10.0 Å². The molecule has 1 aliphatic rings. The number of benzene rings is 1. The Balaban J connectivity index is 1.61. The Labute approximate surface area is 141 Å². The molecule has 0 atom stereocenters. The number of nitrogens with one attached hydrogen (secondary N) is 2. The predicted molar refractivity (Wildman–Crippen MR) is 91.3 cm³/mol. The van der Waals surface area contributed by atoms with Gasteiger partial charge in [0.1, 0.15) is 10.6 Å². The molecule has 0 bridgehead atoms. The first-order valence-electron chi connectivity index (χ1n) is 8.07. The van der Waals surface area contributed by atoms with Gasteiger partial charge in [0, 0.05) is 25.8 Å². The zero-order chi connectivity index (χ0) is 17.0. The lowest BCUT2D eigenvalue weighted by Crippen LogP contribution is -2.28. The molecule has 0 unspecified atom stereocenters. The molecular formula is C17H21N3O3S. The number of aromatic amines is 1. The first-order valence-corrected chi connectivity index (χ1v) is 9.56. The zero-order valence-corrected chi connectivity index (χ0v) is 14.2. The fourth-order valence-corrected chi connectivity index (χ4v) is 3.83. The molecule has 1 saturated heterocycles. The lowest BCUT2D eigenvalue weighted by Gasteiger charge is -2.13. The van der Waals surface area contributed by atoms with Crippen LogP contribution in [0.5, 0.6) is 0 Å². The van der Waals surface area contributed by atoms with Crippen molar-refractivity contribution in [3.05, 3.63) is 53.9 Å². The van der Waals surface area contributed by atoms with E-state index in [4.69, 9.17) is 0 Å². The van der Waals surface area contributed by atoms with Gasteiger partial charge in [0.05, 0.1) is 0 Å². The number of nitrogens with zero attached hydrogens (tertiary/aromatic N) is 1. The van der Waals surface area contributed by atoms with Gasteiger partial charge in [-0.2, -0.15) is 0 Å². The number of carbonyl (C=O) groups excluding carboxylic acids is 1. The number of carbonyl (C=O) groups is 1. The molecule has 128 valence electrons. The van der Waals surface area contributed by atoms with Gasteiger partial charge in [0.15, 0.2) is 0 Å². The summed E-state index contributed by atoms with van der Waals surface area (Å²) in [5, 5.41) is 0. The Hall–Kier alpha value is -2.12. The Morgan fingerprint density at radius 3 is 2.58 bits per heavy atom. The Bertz CT molecular complexity index is 793. The first kappa shape index (κ1) is 16.7. The predicted octanol–water partition coefficient (Wildman–Crippen LogP) is 1.77. The molecule has 0 saturated carbocycles. The van der Waals surface area contributed by atoms with E-state index in [1.54, 1.807) is 4.90 Å². The fourth-order valence-electron chi connectivity index (χ4n) is 2.80. The van der Waals surface area contributed by atoms with Gasteiger partial charge in [0.25, 0.3) is 5.91 Å². The number of H-pyrrole nitrogens is 1. The molecule has 1 aromatic carbocycles. The van der Waals surface area contributed by atoms with E-state index in [1.165, 1.54) is 12.3 Å². The van der Waals surface area contributed by atoms with Crippen molar-refractivity contribution in [1.29, 1.82) is 0 Å². The third-order valence-corrected chi connectivity index (χ3v) is 5.58. The van der Waals surface area contributed by atoms with Crippen LogP contribution in [0.15, 0.2) is 47.5 Å². The number of rotatable bonds is 6. The molecule has 6 nitrogen and oxygen atoms in total. The minimum Gasteiger partial charge on any atom is -0.356 e. The second kappa shape index (κ2) is 7.19. The van der Waals surface area contributed by atoms with Crippen LogP contribution in [0.25, 0.3) is 0 Å². The number of hydrogen-bond donors (Lipinski definition) is 2. The summed E-state index contributed by atoms with van der Waals surface area (Å²) in [5.74, 6) is -0.141. The number of sulfonamides is 1. The Kier molecular flexibility index (Phi) is 5.01. The van der Waals surface area contributed by atoms with Gasteiger partial charge in [-0.1, -0.05) is 30.3 Å². The van der Waals surface area contributed by atoms with Crippen LogP contribution >= 0.6 is 0 Å².